The van der Waals surface area contributed by atoms with Crippen LogP contribution in [-0.2, 0) is 4.79 Å². The zero-order chi connectivity index (χ0) is 11.0. The molecule has 2 heteroatoms. The molecule has 0 aromatic carbocycles. The molecule has 0 saturated heterocycles. The summed E-state index contributed by atoms with van der Waals surface area (Å²) in [4.78, 5) is 12.6. The number of hydrogen-bond donors (Lipinski definition) is 0. The van der Waals surface area contributed by atoms with E-state index in [0.29, 0.717) is 12.5 Å². The van der Waals surface area contributed by atoms with Crippen LogP contribution in [-0.4, -0.2) is 30.8 Å². The van der Waals surface area contributed by atoms with E-state index in [1.807, 2.05) is 0 Å². The van der Waals surface area contributed by atoms with Crippen molar-refractivity contribution in [2.45, 2.75) is 52.5 Å². The molecule has 0 saturated carbocycles. The van der Waals surface area contributed by atoms with Crippen LogP contribution in [0.2, 0.25) is 0 Å². The Morgan fingerprint density at radius 3 is 2.43 bits per heavy atom. The normalized spacial score (nSPS) is 13.6. The second kappa shape index (κ2) is 7.98. The summed E-state index contributed by atoms with van der Waals surface area (Å²) in [7, 11) is 2.17. The van der Waals surface area contributed by atoms with Crippen molar-refractivity contribution in [3.63, 3.8) is 0 Å². The third-order valence-corrected chi connectivity index (χ3v) is 2.67. The fourth-order valence-corrected chi connectivity index (χ4v) is 1.81. The lowest BCUT2D eigenvalue weighted by molar-refractivity contribution is -0.108. The van der Waals surface area contributed by atoms with Crippen molar-refractivity contribution in [1.29, 1.82) is 0 Å². The summed E-state index contributed by atoms with van der Waals surface area (Å²) >= 11 is 0. The molecule has 14 heavy (non-hydrogen) atoms. The molecule has 0 radical (unpaired) electrons. The molecule has 0 aliphatic heterocycles. The minimum atomic E-state index is 0.682. The first-order valence-electron chi connectivity index (χ1n) is 5.75. The van der Waals surface area contributed by atoms with E-state index < -0.39 is 0 Å². The van der Waals surface area contributed by atoms with Crippen molar-refractivity contribution in [1.82, 2.24) is 4.90 Å². The molecule has 0 aromatic rings. The van der Waals surface area contributed by atoms with E-state index in [2.05, 4.69) is 32.7 Å². The molecule has 84 valence electrons. The number of carbonyl (C=O) groups is 1. The Kier molecular flexibility index (Phi) is 7.77. The highest BCUT2D eigenvalue weighted by molar-refractivity contribution is 5.48. The predicted molar refractivity (Wildman–Crippen MR) is 61.5 cm³/mol. The molecule has 0 aliphatic rings. The SMILES string of the molecule is CCC(CC(C)C)N(C)CCCC=O. The van der Waals surface area contributed by atoms with Gasteiger partial charge in [-0.05, 0) is 38.8 Å². The molecular formula is C12H25NO. The fourth-order valence-electron chi connectivity index (χ4n) is 1.81. The van der Waals surface area contributed by atoms with E-state index >= 15 is 0 Å². The Hall–Kier alpha value is -0.370. The van der Waals surface area contributed by atoms with E-state index in [0.717, 1.165) is 25.2 Å². The monoisotopic (exact) mass is 199 g/mol. The molecule has 1 atom stereocenters. The van der Waals surface area contributed by atoms with Gasteiger partial charge in [0.1, 0.15) is 6.29 Å². The minimum Gasteiger partial charge on any atom is -0.303 e. The third-order valence-electron chi connectivity index (χ3n) is 2.67. The van der Waals surface area contributed by atoms with Crippen LogP contribution in [0.4, 0.5) is 0 Å². The van der Waals surface area contributed by atoms with Crippen molar-refractivity contribution < 1.29 is 4.79 Å². The lowest BCUT2D eigenvalue weighted by atomic mass is 10.0. The minimum absolute atomic E-state index is 0.682. The van der Waals surface area contributed by atoms with Crippen molar-refractivity contribution in [3.05, 3.63) is 0 Å². The second-order valence-corrected chi connectivity index (χ2v) is 4.48. The van der Waals surface area contributed by atoms with Gasteiger partial charge in [0.15, 0.2) is 0 Å². The molecule has 0 amide bonds. The van der Waals surface area contributed by atoms with Gasteiger partial charge in [0.2, 0.25) is 0 Å². The van der Waals surface area contributed by atoms with Crippen LogP contribution in [0.3, 0.4) is 0 Å². The van der Waals surface area contributed by atoms with Crippen LogP contribution in [0.5, 0.6) is 0 Å². The molecule has 0 aliphatic carbocycles. The first-order chi connectivity index (χ1) is 6.61. The van der Waals surface area contributed by atoms with Crippen molar-refractivity contribution in [3.8, 4) is 0 Å². The summed E-state index contributed by atoms with van der Waals surface area (Å²) in [5.41, 5.74) is 0. The first kappa shape index (κ1) is 13.6. The summed E-state index contributed by atoms with van der Waals surface area (Å²) in [6, 6.07) is 0.682. The van der Waals surface area contributed by atoms with Crippen LogP contribution in [0.25, 0.3) is 0 Å². The number of aldehydes is 1. The van der Waals surface area contributed by atoms with E-state index in [1.165, 1.54) is 12.8 Å². The molecule has 0 rings (SSSR count). The zero-order valence-electron chi connectivity index (χ0n) is 10.1. The maximum absolute atomic E-state index is 10.2. The third kappa shape index (κ3) is 6.14. The Labute approximate surface area is 88.7 Å². The van der Waals surface area contributed by atoms with Gasteiger partial charge in [0.05, 0.1) is 0 Å². The maximum Gasteiger partial charge on any atom is 0.120 e. The largest absolute Gasteiger partial charge is 0.303 e. The molecule has 0 N–H and O–H groups in total. The molecular weight excluding hydrogens is 174 g/mol. The highest BCUT2D eigenvalue weighted by Crippen LogP contribution is 2.13. The van der Waals surface area contributed by atoms with Gasteiger partial charge in [-0.2, -0.15) is 0 Å². The fraction of sp³-hybridized carbons (Fsp3) is 0.917. The Morgan fingerprint density at radius 1 is 1.36 bits per heavy atom. The Bertz CT molecular complexity index is 145. The van der Waals surface area contributed by atoms with E-state index in [4.69, 9.17) is 0 Å². The molecule has 1 unspecified atom stereocenters. The first-order valence-corrected chi connectivity index (χ1v) is 5.75. The van der Waals surface area contributed by atoms with Crippen LogP contribution in [0.1, 0.15) is 46.5 Å². The number of nitrogens with zero attached hydrogens (tertiary/aromatic N) is 1. The Balaban J connectivity index is 3.78. The van der Waals surface area contributed by atoms with Gasteiger partial charge in [-0.15, -0.1) is 0 Å². The standard InChI is InChI=1S/C12H25NO/c1-5-12(10-11(2)3)13(4)8-6-7-9-14/h9,11-12H,5-8,10H2,1-4H3. The average Bonchev–Trinajstić information content (AvgIpc) is 2.14. The zero-order valence-corrected chi connectivity index (χ0v) is 10.1. The average molecular weight is 199 g/mol. The number of hydrogen-bond acceptors (Lipinski definition) is 2. The van der Waals surface area contributed by atoms with E-state index in [-0.39, 0.29) is 0 Å². The maximum atomic E-state index is 10.2. The Morgan fingerprint density at radius 2 is 2.00 bits per heavy atom. The van der Waals surface area contributed by atoms with Gasteiger partial charge < -0.3 is 9.69 Å². The van der Waals surface area contributed by atoms with Crippen LogP contribution >= 0.6 is 0 Å². The number of unbranched alkanes of at least 4 members (excludes halogenated alkanes) is 1. The molecule has 0 heterocycles. The molecule has 0 fully saturated rings. The second-order valence-electron chi connectivity index (χ2n) is 4.48. The number of carbonyl (C=O) groups excluding carboxylic acids is 1. The topological polar surface area (TPSA) is 20.3 Å². The molecule has 0 bridgehead atoms. The summed E-state index contributed by atoms with van der Waals surface area (Å²) in [6.07, 6.45) is 5.16. The molecule has 0 spiro atoms. The number of rotatable bonds is 8. The van der Waals surface area contributed by atoms with Crippen LogP contribution in [0, 0.1) is 5.92 Å². The smallest absolute Gasteiger partial charge is 0.120 e. The summed E-state index contributed by atoms with van der Waals surface area (Å²) in [6.45, 7) is 7.82. The van der Waals surface area contributed by atoms with Gasteiger partial charge in [0.25, 0.3) is 0 Å². The van der Waals surface area contributed by atoms with Crippen molar-refractivity contribution in [2.24, 2.45) is 5.92 Å². The van der Waals surface area contributed by atoms with Crippen LogP contribution in [0.15, 0.2) is 0 Å². The van der Waals surface area contributed by atoms with Crippen molar-refractivity contribution in [2.75, 3.05) is 13.6 Å². The molecule has 0 aromatic heterocycles. The predicted octanol–water partition coefficient (Wildman–Crippen LogP) is 2.72. The van der Waals surface area contributed by atoms with Gasteiger partial charge in [0, 0.05) is 12.5 Å². The summed E-state index contributed by atoms with van der Waals surface area (Å²) in [5.74, 6) is 0.758. The van der Waals surface area contributed by atoms with Crippen molar-refractivity contribution >= 4 is 6.29 Å². The van der Waals surface area contributed by atoms with Gasteiger partial charge in [-0.25, -0.2) is 0 Å². The van der Waals surface area contributed by atoms with Gasteiger partial charge >= 0.3 is 0 Å². The lowest BCUT2D eigenvalue weighted by Crippen LogP contribution is -2.33. The molecule has 2 nitrogen and oxygen atoms in total. The quantitative estimate of drug-likeness (QED) is 0.442. The van der Waals surface area contributed by atoms with E-state index in [9.17, 15) is 4.79 Å². The van der Waals surface area contributed by atoms with Gasteiger partial charge in [-0.3, -0.25) is 0 Å². The van der Waals surface area contributed by atoms with Crippen LogP contribution < -0.4 is 0 Å². The lowest BCUT2D eigenvalue weighted by Gasteiger charge is -2.28. The highest BCUT2D eigenvalue weighted by Gasteiger charge is 2.13. The van der Waals surface area contributed by atoms with E-state index in [1.54, 1.807) is 0 Å². The highest BCUT2D eigenvalue weighted by atomic mass is 16.1. The van der Waals surface area contributed by atoms with Gasteiger partial charge in [-0.1, -0.05) is 20.8 Å². The summed E-state index contributed by atoms with van der Waals surface area (Å²) in [5, 5.41) is 0. The summed E-state index contributed by atoms with van der Waals surface area (Å²) < 4.78 is 0.